The van der Waals surface area contributed by atoms with Gasteiger partial charge in [-0.15, -0.1) is 0 Å². The summed E-state index contributed by atoms with van der Waals surface area (Å²) in [6.45, 7) is 3.32. The van der Waals surface area contributed by atoms with E-state index in [1.807, 2.05) is 13.0 Å². The fourth-order valence-electron chi connectivity index (χ4n) is 2.87. The Balaban J connectivity index is 2.29. The van der Waals surface area contributed by atoms with Gasteiger partial charge in [-0.25, -0.2) is 4.79 Å². The topological polar surface area (TPSA) is 92.4 Å². The molecule has 21 heavy (non-hydrogen) atoms. The first kappa shape index (κ1) is 15.5. The first-order valence-electron chi connectivity index (χ1n) is 7.18. The molecule has 0 bridgehead atoms. The van der Waals surface area contributed by atoms with Gasteiger partial charge in [0.1, 0.15) is 0 Å². The van der Waals surface area contributed by atoms with Crippen LogP contribution in [-0.4, -0.2) is 23.0 Å². The van der Waals surface area contributed by atoms with E-state index < -0.39 is 16.9 Å². The first-order chi connectivity index (χ1) is 9.80. The van der Waals surface area contributed by atoms with Crippen molar-refractivity contribution in [3.05, 3.63) is 35.9 Å². The van der Waals surface area contributed by atoms with Crippen LogP contribution in [0, 0.1) is 5.41 Å². The minimum atomic E-state index is -1.45. The van der Waals surface area contributed by atoms with Gasteiger partial charge in [0.05, 0.1) is 5.41 Å². The van der Waals surface area contributed by atoms with E-state index in [4.69, 9.17) is 5.73 Å². The van der Waals surface area contributed by atoms with Crippen molar-refractivity contribution in [1.82, 2.24) is 5.32 Å². The number of carbonyl (C=O) groups is 2. The van der Waals surface area contributed by atoms with E-state index in [-0.39, 0.29) is 11.9 Å². The van der Waals surface area contributed by atoms with Gasteiger partial charge in [0.2, 0.25) is 5.91 Å². The molecule has 1 aliphatic rings. The highest BCUT2D eigenvalue weighted by Gasteiger charge is 2.47. The number of carboxylic acid groups (broad SMARTS) is 1. The normalized spacial score (nSPS) is 27.9. The van der Waals surface area contributed by atoms with Gasteiger partial charge in [-0.2, -0.15) is 0 Å². The number of carboxylic acids is 1. The molecule has 1 aromatic carbocycles. The fraction of sp³-hybridized carbons (Fsp3) is 0.500. The van der Waals surface area contributed by atoms with Crippen LogP contribution in [0.4, 0.5) is 0 Å². The standard InChI is InChI=1S/C16H22N2O3/c1-15(10-6-9-12(15)17)13(19)18-16(2,14(20)21)11-7-4-3-5-8-11/h3-5,7-8,12H,6,9-10,17H2,1-2H3,(H,18,19)(H,20,21). The molecular weight excluding hydrogens is 268 g/mol. The molecule has 0 saturated heterocycles. The van der Waals surface area contributed by atoms with E-state index in [1.165, 1.54) is 6.92 Å². The molecule has 1 saturated carbocycles. The summed E-state index contributed by atoms with van der Waals surface area (Å²) in [5.74, 6) is -1.38. The zero-order valence-electron chi connectivity index (χ0n) is 12.4. The van der Waals surface area contributed by atoms with Gasteiger partial charge in [0.25, 0.3) is 0 Å². The maximum absolute atomic E-state index is 12.6. The van der Waals surface area contributed by atoms with Gasteiger partial charge in [0.15, 0.2) is 5.54 Å². The minimum absolute atomic E-state index is 0.230. The van der Waals surface area contributed by atoms with Crippen molar-refractivity contribution in [3.8, 4) is 0 Å². The summed E-state index contributed by atoms with van der Waals surface area (Å²) in [6, 6.07) is 8.49. The molecule has 1 aromatic rings. The van der Waals surface area contributed by atoms with Crippen molar-refractivity contribution >= 4 is 11.9 Å². The predicted molar refractivity (Wildman–Crippen MR) is 79.5 cm³/mol. The lowest BCUT2D eigenvalue weighted by Crippen LogP contribution is -2.56. The maximum atomic E-state index is 12.6. The first-order valence-corrected chi connectivity index (χ1v) is 7.18. The summed E-state index contributed by atoms with van der Waals surface area (Å²) in [4.78, 5) is 24.3. The Bertz CT molecular complexity index is 546. The van der Waals surface area contributed by atoms with Gasteiger partial charge in [0, 0.05) is 6.04 Å². The SMILES string of the molecule is CC(NC(=O)C1(C)CCCC1N)(C(=O)O)c1ccccc1. The molecule has 3 atom stereocenters. The number of amides is 1. The van der Waals surface area contributed by atoms with Crippen LogP contribution in [0.5, 0.6) is 0 Å². The zero-order valence-corrected chi connectivity index (χ0v) is 12.4. The van der Waals surface area contributed by atoms with E-state index >= 15 is 0 Å². The molecule has 1 aliphatic carbocycles. The number of hydrogen-bond donors (Lipinski definition) is 3. The number of aliphatic carboxylic acids is 1. The largest absolute Gasteiger partial charge is 0.479 e. The van der Waals surface area contributed by atoms with Gasteiger partial charge in [-0.1, -0.05) is 36.8 Å². The average molecular weight is 290 g/mol. The Hall–Kier alpha value is -1.88. The van der Waals surface area contributed by atoms with E-state index in [0.29, 0.717) is 12.0 Å². The van der Waals surface area contributed by atoms with Crippen LogP contribution in [0.15, 0.2) is 30.3 Å². The summed E-state index contributed by atoms with van der Waals surface area (Å²) in [5.41, 5.74) is 4.42. The highest BCUT2D eigenvalue weighted by Crippen LogP contribution is 2.38. The van der Waals surface area contributed by atoms with Gasteiger partial charge < -0.3 is 16.2 Å². The van der Waals surface area contributed by atoms with Crippen molar-refractivity contribution in [1.29, 1.82) is 0 Å². The summed E-state index contributed by atoms with van der Waals surface area (Å²) in [6.07, 6.45) is 2.36. The molecule has 4 N–H and O–H groups in total. The number of rotatable bonds is 4. The van der Waals surface area contributed by atoms with E-state index in [1.54, 1.807) is 24.3 Å². The molecule has 0 heterocycles. The minimum Gasteiger partial charge on any atom is -0.479 e. The van der Waals surface area contributed by atoms with Crippen molar-refractivity contribution in [2.75, 3.05) is 0 Å². The third-order valence-corrected chi connectivity index (χ3v) is 4.69. The van der Waals surface area contributed by atoms with Crippen molar-refractivity contribution in [3.63, 3.8) is 0 Å². The lowest BCUT2D eigenvalue weighted by atomic mass is 9.82. The second-order valence-electron chi connectivity index (χ2n) is 6.17. The van der Waals surface area contributed by atoms with Crippen molar-refractivity contribution < 1.29 is 14.7 Å². The number of nitrogens with two attached hydrogens (primary N) is 1. The van der Waals surface area contributed by atoms with Crippen LogP contribution in [0.3, 0.4) is 0 Å². The van der Waals surface area contributed by atoms with E-state index in [2.05, 4.69) is 5.32 Å². The Morgan fingerprint density at radius 3 is 2.48 bits per heavy atom. The molecule has 3 unspecified atom stereocenters. The Morgan fingerprint density at radius 2 is 2.00 bits per heavy atom. The monoisotopic (exact) mass is 290 g/mol. The summed E-state index contributed by atoms with van der Waals surface area (Å²) in [5, 5.41) is 12.3. The molecular formula is C16H22N2O3. The van der Waals surface area contributed by atoms with Crippen LogP contribution >= 0.6 is 0 Å². The molecule has 0 spiro atoms. The number of hydrogen-bond acceptors (Lipinski definition) is 3. The molecule has 0 radical (unpaired) electrons. The van der Waals surface area contributed by atoms with Crippen LogP contribution in [-0.2, 0) is 15.1 Å². The molecule has 2 rings (SSSR count). The Kier molecular flexibility index (Phi) is 4.05. The Labute approximate surface area is 124 Å². The second kappa shape index (κ2) is 5.48. The second-order valence-corrected chi connectivity index (χ2v) is 6.17. The number of nitrogens with one attached hydrogen (secondary N) is 1. The predicted octanol–water partition coefficient (Wildman–Crippen LogP) is 1.62. The third kappa shape index (κ3) is 2.65. The number of carbonyl (C=O) groups excluding carboxylic acids is 1. The summed E-state index contributed by atoms with van der Waals surface area (Å²) in [7, 11) is 0. The lowest BCUT2D eigenvalue weighted by Gasteiger charge is -2.34. The van der Waals surface area contributed by atoms with Crippen LogP contribution in [0.1, 0.15) is 38.7 Å². The maximum Gasteiger partial charge on any atom is 0.333 e. The summed E-state index contributed by atoms with van der Waals surface area (Å²) >= 11 is 0. The van der Waals surface area contributed by atoms with Gasteiger partial charge in [-0.3, -0.25) is 4.79 Å². The van der Waals surface area contributed by atoms with Gasteiger partial charge in [-0.05, 0) is 32.3 Å². The molecule has 1 amide bonds. The molecule has 0 aromatic heterocycles. The van der Waals surface area contributed by atoms with Crippen LogP contribution in [0.25, 0.3) is 0 Å². The quantitative estimate of drug-likeness (QED) is 0.785. The fourth-order valence-corrected chi connectivity index (χ4v) is 2.87. The zero-order chi connectivity index (χ0) is 15.7. The van der Waals surface area contributed by atoms with E-state index in [9.17, 15) is 14.7 Å². The highest BCUT2D eigenvalue weighted by molar-refractivity contribution is 5.91. The van der Waals surface area contributed by atoms with Crippen molar-refractivity contribution in [2.45, 2.75) is 44.7 Å². The van der Waals surface area contributed by atoms with E-state index in [0.717, 1.165) is 12.8 Å². The Morgan fingerprint density at radius 1 is 1.38 bits per heavy atom. The van der Waals surface area contributed by atoms with Crippen LogP contribution < -0.4 is 11.1 Å². The smallest absolute Gasteiger partial charge is 0.333 e. The lowest BCUT2D eigenvalue weighted by molar-refractivity contribution is -0.149. The molecule has 1 fully saturated rings. The van der Waals surface area contributed by atoms with Gasteiger partial charge >= 0.3 is 5.97 Å². The average Bonchev–Trinajstić information content (AvgIpc) is 2.80. The molecule has 114 valence electrons. The molecule has 5 heteroatoms. The van der Waals surface area contributed by atoms with Crippen molar-refractivity contribution in [2.24, 2.45) is 11.1 Å². The highest BCUT2D eigenvalue weighted by atomic mass is 16.4. The molecule has 0 aliphatic heterocycles. The third-order valence-electron chi connectivity index (χ3n) is 4.69. The number of benzene rings is 1. The molecule has 5 nitrogen and oxygen atoms in total. The summed E-state index contributed by atoms with van der Waals surface area (Å²) < 4.78 is 0. The van der Waals surface area contributed by atoms with Crippen LogP contribution in [0.2, 0.25) is 0 Å².